The Labute approximate surface area is 152 Å². The van der Waals surface area contributed by atoms with Crippen LogP contribution in [0.15, 0.2) is 57.7 Å². The van der Waals surface area contributed by atoms with Crippen LogP contribution in [0.4, 0.5) is 32.0 Å². The molecular weight excluding hydrogens is 392 g/mol. The Morgan fingerprint density at radius 1 is 0.857 bits per heavy atom. The summed E-state index contributed by atoms with van der Waals surface area (Å²) in [5.74, 6) is -1.20. The van der Waals surface area contributed by atoms with E-state index in [1.54, 1.807) is 12.1 Å². The van der Waals surface area contributed by atoms with Crippen molar-refractivity contribution in [3.63, 3.8) is 0 Å². The lowest BCUT2D eigenvalue weighted by Crippen LogP contribution is -2.21. The SMILES string of the molecule is O=C(Nc1cc(C(F)(F)F)cc(C(F)(F)F)c1)c1cc2ccccc2oc1=O. The van der Waals surface area contributed by atoms with Crippen LogP contribution < -0.4 is 10.9 Å². The number of hydrogen-bond acceptors (Lipinski definition) is 3. The smallest absolute Gasteiger partial charge is 0.416 e. The zero-order valence-corrected chi connectivity index (χ0v) is 13.6. The number of rotatable bonds is 2. The number of alkyl halides is 6. The molecule has 0 fully saturated rings. The van der Waals surface area contributed by atoms with Gasteiger partial charge in [-0.15, -0.1) is 0 Å². The van der Waals surface area contributed by atoms with E-state index in [-0.39, 0.29) is 11.6 Å². The lowest BCUT2D eigenvalue weighted by molar-refractivity contribution is -0.143. The summed E-state index contributed by atoms with van der Waals surface area (Å²) < 4.78 is 82.3. The zero-order chi connectivity index (χ0) is 20.7. The average Bonchev–Trinajstić information content (AvgIpc) is 2.59. The monoisotopic (exact) mass is 401 g/mol. The molecule has 1 heterocycles. The number of benzene rings is 2. The summed E-state index contributed by atoms with van der Waals surface area (Å²) in [6.45, 7) is 0. The minimum atomic E-state index is -5.07. The summed E-state index contributed by atoms with van der Waals surface area (Å²) in [6.07, 6.45) is -10.1. The van der Waals surface area contributed by atoms with Gasteiger partial charge in [0.25, 0.3) is 5.91 Å². The van der Waals surface area contributed by atoms with Crippen molar-refractivity contribution < 1.29 is 35.6 Å². The second-order valence-corrected chi connectivity index (χ2v) is 5.73. The molecule has 0 radical (unpaired) electrons. The van der Waals surface area contributed by atoms with Crippen molar-refractivity contribution in [1.29, 1.82) is 0 Å². The Morgan fingerprint density at radius 2 is 1.43 bits per heavy atom. The molecule has 0 spiro atoms. The van der Waals surface area contributed by atoms with Gasteiger partial charge >= 0.3 is 18.0 Å². The van der Waals surface area contributed by atoms with Gasteiger partial charge in [0.2, 0.25) is 0 Å². The van der Waals surface area contributed by atoms with E-state index in [1.807, 2.05) is 5.32 Å². The van der Waals surface area contributed by atoms with Gasteiger partial charge in [-0.25, -0.2) is 4.79 Å². The topological polar surface area (TPSA) is 59.3 Å². The maximum Gasteiger partial charge on any atom is 0.416 e. The quantitative estimate of drug-likeness (QED) is 0.481. The first kappa shape index (κ1) is 19.5. The van der Waals surface area contributed by atoms with Crippen LogP contribution in [0.3, 0.4) is 0 Å². The summed E-state index contributed by atoms with van der Waals surface area (Å²) >= 11 is 0. The first-order valence-corrected chi connectivity index (χ1v) is 7.59. The van der Waals surface area contributed by atoms with Gasteiger partial charge in [-0.05, 0) is 30.3 Å². The molecule has 0 aliphatic carbocycles. The maximum atomic E-state index is 12.9. The molecule has 1 amide bonds. The van der Waals surface area contributed by atoms with Crippen LogP contribution in [0, 0.1) is 0 Å². The molecule has 2 aromatic carbocycles. The standard InChI is InChI=1S/C18H9F6NO3/c19-17(20,21)10-6-11(18(22,23)24)8-12(7-10)25-15(26)13-5-9-3-1-2-4-14(9)28-16(13)27/h1-8H,(H,25,26). The van der Waals surface area contributed by atoms with Gasteiger partial charge in [0.15, 0.2) is 0 Å². The van der Waals surface area contributed by atoms with Crippen molar-refractivity contribution in [2.45, 2.75) is 12.4 Å². The van der Waals surface area contributed by atoms with Crippen molar-refractivity contribution in [1.82, 2.24) is 0 Å². The number of anilines is 1. The molecule has 1 N–H and O–H groups in total. The molecule has 0 bridgehead atoms. The average molecular weight is 401 g/mol. The molecule has 0 unspecified atom stereocenters. The van der Waals surface area contributed by atoms with E-state index in [9.17, 15) is 35.9 Å². The summed E-state index contributed by atoms with van der Waals surface area (Å²) in [5, 5.41) is 2.24. The third-order valence-corrected chi connectivity index (χ3v) is 3.73. The minimum Gasteiger partial charge on any atom is -0.422 e. The largest absolute Gasteiger partial charge is 0.422 e. The van der Waals surface area contributed by atoms with Gasteiger partial charge in [-0.2, -0.15) is 26.3 Å². The molecule has 0 saturated heterocycles. The van der Waals surface area contributed by atoms with Crippen LogP contribution in [-0.4, -0.2) is 5.91 Å². The van der Waals surface area contributed by atoms with Crippen LogP contribution in [0.5, 0.6) is 0 Å². The molecular formula is C18H9F6NO3. The molecule has 0 aliphatic heterocycles. The molecule has 3 rings (SSSR count). The van der Waals surface area contributed by atoms with E-state index in [0.29, 0.717) is 17.5 Å². The Bertz CT molecular complexity index is 1080. The molecule has 1 aromatic heterocycles. The first-order chi connectivity index (χ1) is 12.9. The summed E-state index contributed by atoms with van der Waals surface area (Å²) in [6, 6.07) is 7.89. The van der Waals surface area contributed by atoms with Crippen LogP contribution in [0.25, 0.3) is 11.0 Å². The fraction of sp³-hybridized carbons (Fsp3) is 0.111. The maximum absolute atomic E-state index is 12.9. The number of halogens is 6. The van der Waals surface area contributed by atoms with Crippen molar-refractivity contribution in [2.24, 2.45) is 0 Å². The van der Waals surface area contributed by atoms with Crippen molar-refractivity contribution >= 4 is 22.6 Å². The van der Waals surface area contributed by atoms with Crippen molar-refractivity contribution in [3.8, 4) is 0 Å². The van der Waals surface area contributed by atoms with E-state index >= 15 is 0 Å². The fourth-order valence-electron chi connectivity index (χ4n) is 2.45. The van der Waals surface area contributed by atoms with Crippen molar-refractivity contribution in [2.75, 3.05) is 5.32 Å². The highest BCUT2D eigenvalue weighted by Crippen LogP contribution is 2.37. The lowest BCUT2D eigenvalue weighted by Gasteiger charge is -2.14. The molecule has 4 nitrogen and oxygen atoms in total. The van der Waals surface area contributed by atoms with Crippen molar-refractivity contribution in [3.05, 3.63) is 75.6 Å². The third-order valence-electron chi connectivity index (χ3n) is 3.73. The highest BCUT2D eigenvalue weighted by molar-refractivity contribution is 6.05. The molecule has 146 valence electrons. The number of carbonyl (C=O) groups excluding carboxylic acids is 1. The van der Waals surface area contributed by atoms with Crippen LogP contribution in [0.2, 0.25) is 0 Å². The lowest BCUT2D eigenvalue weighted by atomic mass is 10.1. The third kappa shape index (κ3) is 4.00. The van der Waals surface area contributed by atoms with Gasteiger partial charge in [-0.1, -0.05) is 18.2 Å². The van der Waals surface area contributed by atoms with Crippen LogP contribution >= 0.6 is 0 Å². The van der Waals surface area contributed by atoms with Gasteiger partial charge in [-0.3, -0.25) is 4.79 Å². The van der Waals surface area contributed by atoms with Gasteiger partial charge in [0, 0.05) is 11.1 Å². The molecule has 0 aliphatic rings. The van der Waals surface area contributed by atoms with Gasteiger partial charge in [0.05, 0.1) is 11.1 Å². The Morgan fingerprint density at radius 3 is 2.00 bits per heavy atom. The number of hydrogen-bond donors (Lipinski definition) is 1. The summed E-state index contributed by atoms with van der Waals surface area (Å²) in [4.78, 5) is 24.2. The Balaban J connectivity index is 2.02. The fourth-order valence-corrected chi connectivity index (χ4v) is 2.45. The van der Waals surface area contributed by atoms with Crippen LogP contribution in [-0.2, 0) is 12.4 Å². The summed E-state index contributed by atoms with van der Waals surface area (Å²) in [5.41, 5.74) is -5.43. The number of nitrogens with one attached hydrogen (secondary N) is 1. The predicted molar refractivity (Wildman–Crippen MR) is 86.9 cm³/mol. The Kier molecular flexibility index (Phi) is 4.66. The predicted octanol–water partition coefficient (Wildman–Crippen LogP) is 5.08. The molecule has 10 heteroatoms. The number of carbonyl (C=O) groups is 1. The molecule has 3 aromatic rings. The molecule has 28 heavy (non-hydrogen) atoms. The second kappa shape index (κ2) is 6.70. The van der Waals surface area contributed by atoms with E-state index in [1.165, 1.54) is 12.1 Å². The molecule has 0 atom stereocenters. The minimum absolute atomic E-state index is 0.0694. The molecule has 0 saturated carbocycles. The summed E-state index contributed by atoms with van der Waals surface area (Å²) in [7, 11) is 0. The first-order valence-electron chi connectivity index (χ1n) is 7.59. The normalized spacial score (nSPS) is 12.2. The number of fused-ring (bicyclic) bond motifs is 1. The van der Waals surface area contributed by atoms with E-state index in [0.717, 1.165) is 6.07 Å². The van der Waals surface area contributed by atoms with E-state index in [2.05, 4.69) is 0 Å². The van der Waals surface area contributed by atoms with Crippen LogP contribution in [0.1, 0.15) is 21.5 Å². The highest BCUT2D eigenvalue weighted by Gasteiger charge is 2.37. The number of para-hydroxylation sites is 1. The van der Waals surface area contributed by atoms with E-state index < -0.39 is 46.3 Å². The Hall–Kier alpha value is -3.30. The highest BCUT2D eigenvalue weighted by atomic mass is 19.4. The van der Waals surface area contributed by atoms with Gasteiger partial charge in [0.1, 0.15) is 11.1 Å². The number of amides is 1. The zero-order valence-electron chi connectivity index (χ0n) is 13.6. The van der Waals surface area contributed by atoms with E-state index in [4.69, 9.17) is 4.42 Å². The van der Waals surface area contributed by atoms with Gasteiger partial charge < -0.3 is 9.73 Å². The second-order valence-electron chi connectivity index (χ2n) is 5.73.